The summed E-state index contributed by atoms with van der Waals surface area (Å²) in [6.07, 6.45) is 0. The van der Waals surface area contributed by atoms with Crippen LogP contribution in [0.5, 0.6) is 0 Å². The first-order valence-electron chi connectivity index (χ1n) is 8.33. The third kappa shape index (κ3) is 3.22. The van der Waals surface area contributed by atoms with Gasteiger partial charge in [0, 0.05) is 0 Å². The third-order valence-corrected chi connectivity index (χ3v) is 23.5. The van der Waals surface area contributed by atoms with Crippen LogP contribution in [-0.2, 0) is 15.0 Å². The molecule has 2 aromatic carbocycles. The van der Waals surface area contributed by atoms with Gasteiger partial charge < -0.3 is 0 Å². The van der Waals surface area contributed by atoms with E-state index >= 15 is 0 Å². The van der Waals surface area contributed by atoms with Gasteiger partial charge in [-0.15, -0.1) is 0 Å². The second-order valence-electron chi connectivity index (χ2n) is 7.61. The normalized spacial score (nSPS) is 14.3. The van der Waals surface area contributed by atoms with Gasteiger partial charge in [0.25, 0.3) is 0 Å². The van der Waals surface area contributed by atoms with Crippen molar-refractivity contribution >= 4 is 16.5 Å². The van der Waals surface area contributed by atoms with Gasteiger partial charge in [-0.25, -0.2) is 0 Å². The Kier molecular flexibility index (Phi) is 5.66. The maximum atomic E-state index is 6.34. The van der Waals surface area contributed by atoms with Crippen molar-refractivity contribution < 1.29 is 15.0 Å². The molecule has 0 aliphatic carbocycles. The van der Waals surface area contributed by atoms with Crippen LogP contribution in [0, 0.1) is 0 Å². The number of hydrogen-bond acceptors (Lipinski definition) is 1. The van der Waals surface area contributed by atoms with Gasteiger partial charge in [0.05, 0.1) is 0 Å². The van der Waals surface area contributed by atoms with Gasteiger partial charge >= 0.3 is 153 Å². The molecule has 0 bridgehead atoms. The summed E-state index contributed by atoms with van der Waals surface area (Å²) >= 11 is -1.98. The van der Waals surface area contributed by atoms with E-state index in [2.05, 4.69) is 84.6 Å². The first-order chi connectivity index (χ1) is 11.1. The summed E-state index contributed by atoms with van der Waals surface area (Å²) in [6, 6.07) is 17.3. The Morgan fingerprint density at radius 3 is 1.67 bits per heavy atom. The fourth-order valence-electron chi connectivity index (χ4n) is 3.39. The van der Waals surface area contributed by atoms with Crippen LogP contribution in [0.15, 0.2) is 48.5 Å². The average Bonchev–Trinajstić information content (AvgIpc) is 2.47. The van der Waals surface area contributed by atoms with Crippen molar-refractivity contribution in [2.45, 2.75) is 49.3 Å². The van der Waals surface area contributed by atoms with Crippen LogP contribution >= 0.6 is 6.77 Å². The molecule has 2 aromatic rings. The molecule has 0 aliphatic rings. The van der Waals surface area contributed by atoms with Gasteiger partial charge in [-0.3, -0.25) is 0 Å². The van der Waals surface area contributed by atoms with Gasteiger partial charge in [0.2, 0.25) is 0 Å². The van der Waals surface area contributed by atoms with Crippen molar-refractivity contribution in [1.29, 1.82) is 0 Å². The van der Waals surface area contributed by atoms with Gasteiger partial charge in [0.15, 0.2) is 0 Å². The minimum absolute atomic E-state index is 0.287. The molecule has 0 heterocycles. The molecule has 0 amide bonds. The molecule has 0 spiro atoms. The number of nitrogens with two attached hydrogens (primary N) is 1. The summed E-state index contributed by atoms with van der Waals surface area (Å²) in [5.41, 5.74) is 9.74. The van der Waals surface area contributed by atoms with Crippen LogP contribution in [0.1, 0.15) is 41.5 Å². The van der Waals surface area contributed by atoms with Crippen LogP contribution in [0.25, 0.3) is 11.1 Å². The van der Waals surface area contributed by atoms with Crippen LogP contribution in [0.3, 0.4) is 0 Å². The maximum absolute atomic E-state index is 6.34. The Morgan fingerprint density at radius 2 is 1.21 bits per heavy atom. The molecule has 0 saturated heterocycles. The van der Waals surface area contributed by atoms with Gasteiger partial charge in [-0.2, -0.15) is 0 Å². The van der Waals surface area contributed by atoms with E-state index in [1.54, 1.807) is 4.04 Å². The third-order valence-electron chi connectivity index (χ3n) is 4.01. The molecule has 0 fully saturated rings. The first kappa shape index (κ1) is 19.7. The van der Waals surface area contributed by atoms with Crippen LogP contribution in [0.4, 0.5) is 5.69 Å². The first-order valence-corrected chi connectivity index (χ1v) is 14.3. The van der Waals surface area contributed by atoms with Crippen LogP contribution < -0.4 is 9.77 Å². The Morgan fingerprint density at radius 1 is 0.750 bits per heavy atom. The van der Waals surface area contributed by atoms with Crippen molar-refractivity contribution in [3.8, 4) is 11.1 Å². The summed E-state index contributed by atoms with van der Waals surface area (Å²) in [5, 5.41) is 0. The standard InChI is InChI=1S/C12H10N.2C4H9.CH4P.Pd/c13-12-9-5-4-8-11(12)10-6-2-1-3-7-10;2*1-4(2)3;1-2;/h1-6,8-9H,13H2;2*1-3H3;2H,1H3;/q;;;-1;+1. The van der Waals surface area contributed by atoms with E-state index in [9.17, 15) is 0 Å². The fourth-order valence-corrected chi connectivity index (χ4v) is 21.1. The van der Waals surface area contributed by atoms with Crippen molar-refractivity contribution in [2.24, 2.45) is 0 Å². The molecule has 0 aliphatic heterocycles. The zero-order valence-corrected chi connectivity index (χ0v) is 18.6. The molecule has 2 rings (SSSR count). The molecule has 1 nitrogen and oxygen atoms in total. The summed E-state index contributed by atoms with van der Waals surface area (Å²) in [7, 11) is 0. The van der Waals surface area contributed by atoms with Crippen molar-refractivity contribution in [3.63, 3.8) is 0 Å². The minimum atomic E-state index is -1.98. The topological polar surface area (TPSA) is 26.0 Å². The zero-order chi connectivity index (χ0) is 18.2. The number of hydrogen-bond donors (Lipinski definition) is 1. The molecule has 1 atom stereocenters. The average molecular weight is 436 g/mol. The predicted octanol–water partition coefficient (Wildman–Crippen LogP) is 6.38. The Hall–Kier alpha value is -0.668. The number of anilines is 1. The Labute approximate surface area is 152 Å². The van der Waals surface area contributed by atoms with E-state index < -0.39 is 15.0 Å². The molecule has 2 N–H and O–H groups in total. The monoisotopic (exact) mass is 435 g/mol. The van der Waals surface area contributed by atoms with E-state index in [0.717, 1.165) is 12.5 Å². The molecular formula is C21H32NPPd. The number of rotatable bonds is 3. The number of nitrogen functional groups attached to an aromatic ring is 1. The predicted molar refractivity (Wildman–Crippen MR) is 110 cm³/mol. The van der Waals surface area contributed by atoms with Crippen LogP contribution in [0.2, 0.25) is 7.78 Å². The van der Waals surface area contributed by atoms with Crippen LogP contribution in [-0.4, -0.2) is 6.66 Å². The summed E-state index contributed by atoms with van der Waals surface area (Å²) < 4.78 is 2.14. The van der Waals surface area contributed by atoms with Crippen molar-refractivity contribution in [1.82, 2.24) is 0 Å². The molecule has 0 aromatic heterocycles. The SMILES string of the molecule is C[PH][Pd]([c]1ccccc1-c1ccccc1N)([C](C)(C)C)[C](C)(C)C. The molecule has 1 unspecified atom stereocenters. The van der Waals surface area contributed by atoms with E-state index in [0.29, 0.717) is 0 Å². The second kappa shape index (κ2) is 6.92. The van der Waals surface area contributed by atoms with Gasteiger partial charge in [-0.1, -0.05) is 0 Å². The van der Waals surface area contributed by atoms with E-state index in [1.165, 1.54) is 11.1 Å². The Balaban J connectivity index is 2.87. The van der Waals surface area contributed by atoms with E-state index in [4.69, 9.17) is 5.73 Å². The molecule has 24 heavy (non-hydrogen) atoms. The summed E-state index contributed by atoms with van der Waals surface area (Å²) in [4.78, 5) is 0. The Bertz CT molecular complexity index is 696. The van der Waals surface area contributed by atoms with Gasteiger partial charge in [0.1, 0.15) is 0 Å². The fraction of sp³-hybridized carbons (Fsp3) is 0.429. The van der Waals surface area contributed by atoms with E-state index in [1.807, 2.05) is 12.1 Å². The molecule has 0 saturated carbocycles. The molecule has 0 radical (unpaired) electrons. The second-order valence-corrected chi connectivity index (χ2v) is 20.9. The molecule has 136 valence electrons. The molecular weight excluding hydrogens is 404 g/mol. The summed E-state index contributed by atoms with van der Waals surface area (Å²) in [5.74, 6) is 0. The number of para-hydroxylation sites is 1. The zero-order valence-electron chi connectivity index (χ0n) is 16.0. The van der Waals surface area contributed by atoms with Crippen molar-refractivity contribution in [3.05, 3.63) is 48.5 Å². The summed E-state index contributed by atoms with van der Waals surface area (Å²) in [6.45, 7) is 18.0. The van der Waals surface area contributed by atoms with Crippen molar-refractivity contribution in [2.75, 3.05) is 12.4 Å². The van der Waals surface area contributed by atoms with Gasteiger partial charge in [-0.05, 0) is 0 Å². The number of benzene rings is 2. The quantitative estimate of drug-likeness (QED) is 0.338. The molecule has 3 heteroatoms. The van der Waals surface area contributed by atoms with E-state index in [-0.39, 0.29) is 7.78 Å².